The van der Waals surface area contributed by atoms with Gasteiger partial charge in [-0.05, 0) is 57.9 Å². The molecule has 0 saturated carbocycles. The Bertz CT molecular complexity index is 578. The van der Waals surface area contributed by atoms with Gasteiger partial charge in [0, 0.05) is 24.0 Å². The van der Waals surface area contributed by atoms with Crippen molar-refractivity contribution in [3.8, 4) is 5.82 Å². The van der Waals surface area contributed by atoms with Crippen LogP contribution in [0.5, 0.6) is 0 Å². The second-order valence-electron chi connectivity index (χ2n) is 6.18. The fraction of sp³-hybridized carbons (Fsp3) is 0.500. The Hall–Kier alpha value is -1.68. The normalized spacial score (nSPS) is 11.8. The van der Waals surface area contributed by atoms with Crippen LogP contribution in [-0.2, 0) is 13.0 Å². The van der Waals surface area contributed by atoms with Crippen LogP contribution in [0, 0.1) is 6.92 Å². The molecule has 0 bridgehead atoms. The molecule has 0 aliphatic heterocycles. The third kappa shape index (κ3) is 3.90. The van der Waals surface area contributed by atoms with Gasteiger partial charge in [0.2, 0.25) is 0 Å². The van der Waals surface area contributed by atoms with Crippen molar-refractivity contribution in [2.45, 2.75) is 53.1 Å². The Morgan fingerprint density at radius 2 is 2.00 bits per heavy atom. The lowest BCUT2D eigenvalue weighted by atomic mass is 10.1. The van der Waals surface area contributed by atoms with Crippen molar-refractivity contribution >= 4 is 0 Å². The van der Waals surface area contributed by atoms with E-state index in [0.717, 1.165) is 30.2 Å². The van der Waals surface area contributed by atoms with Crippen LogP contribution in [0.25, 0.3) is 5.82 Å². The first-order chi connectivity index (χ1) is 9.37. The van der Waals surface area contributed by atoms with Crippen molar-refractivity contribution in [3.63, 3.8) is 0 Å². The van der Waals surface area contributed by atoms with E-state index in [-0.39, 0.29) is 5.54 Å². The van der Waals surface area contributed by atoms with Gasteiger partial charge in [-0.15, -0.1) is 0 Å². The summed E-state index contributed by atoms with van der Waals surface area (Å²) in [7, 11) is 0. The average molecular weight is 272 g/mol. The van der Waals surface area contributed by atoms with Crippen molar-refractivity contribution in [1.29, 1.82) is 0 Å². The first kappa shape index (κ1) is 14.7. The summed E-state index contributed by atoms with van der Waals surface area (Å²) < 4.78 is 1.84. The lowest BCUT2D eigenvalue weighted by molar-refractivity contribution is 0.424. The Morgan fingerprint density at radius 1 is 1.25 bits per heavy atom. The quantitative estimate of drug-likeness (QED) is 0.930. The molecule has 0 aromatic carbocycles. The number of nitrogens with zero attached hydrogens (tertiary/aromatic N) is 3. The summed E-state index contributed by atoms with van der Waals surface area (Å²) in [4.78, 5) is 4.65. The molecule has 0 aliphatic carbocycles. The van der Waals surface area contributed by atoms with Gasteiger partial charge < -0.3 is 5.32 Å². The number of aryl methyl sites for hydroxylation is 2. The number of nitrogens with one attached hydrogen (secondary N) is 1. The Labute approximate surface area is 121 Å². The predicted molar refractivity (Wildman–Crippen MR) is 82.1 cm³/mol. The zero-order valence-electron chi connectivity index (χ0n) is 13.1. The van der Waals surface area contributed by atoms with Gasteiger partial charge >= 0.3 is 0 Å². The zero-order chi connectivity index (χ0) is 14.8. The fourth-order valence-electron chi connectivity index (χ4n) is 1.94. The second-order valence-corrected chi connectivity index (χ2v) is 6.18. The van der Waals surface area contributed by atoms with Crippen LogP contribution in [-0.4, -0.2) is 20.3 Å². The molecule has 0 saturated heterocycles. The van der Waals surface area contributed by atoms with Crippen molar-refractivity contribution in [1.82, 2.24) is 20.1 Å². The molecule has 0 radical (unpaired) electrons. The van der Waals surface area contributed by atoms with Gasteiger partial charge in [-0.25, -0.2) is 9.67 Å². The molecular weight excluding hydrogens is 248 g/mol. The lowest BCUT2D eigenvalue weighted by Crippen LogP contribution is -2.35. The average Bonchev–Trinajstić information content (AvgIpc) is 2.82. The number of hydrogen-bond donors (Lipinski definition) is 1. The summed E-state index contributed by atoms with van der Waals surface area (Å²) in [6.45, 7) is 11.5. The highest BCUT2D eigenvalue weighted by atomic mass is 15.3. The maximum absolute atomic E-state index is 4.65. The van der Waals surface area contributed by atoms with E-state index in [1.165, 1.54) is 5.56 Å². The monoisotopic (exact) mass is 272 g/mol. The number of hydrogen-bond acceptors (Lipinski definition) is 3. The highest BCUT2D eigenvalue weighted by molar-refractivity contribution is 5.31. The minimum Gasteiger partial charge on any atom is -0.308 e. The molecule has 4 heteroatoms. The molecule has 20 heavy (non-hydrogen) atoms. The van der Waals surface area contributed by atoms with Gasteiger partial charge in [0.15, 0.2) is 5.82 Å². The van der Waals surface area contributed by atoms with E-state index >= 15 is 0 Å². The summed E-state index contributed by atoms with van der Waals surface area (Å²) in [5, 5.41) is 7.96. The van der Waals surface area contributed by atoms with Gasteiger partial charge in [0.25, 0.3) is 0 Å². The molecule has 1 N–H and O–H groups in total. The summed E-state index contributed by atoms with van der Waals surface area (Å²) in [5.74, 6) is 0.892. The summed E-state index contributed by atoms with van der Waals surface area (Å²) in [5.41, 5.74) is 3.46. The zero-order valence-corrected chi connectivity index (χ0v) is 13.1. The van der Waals surface area contributed by atoms with Gasteiger partial charge in [-0.3, -0.25) is 0 Å². The molecule has 2 aromatic rings. The van der Waals surface area contributed by atoms with E-state index in [2.05, 4.69) is 55.2 Å². The minimum atomic E-state index is 0.109. The minimum absolute atomic E-state index is 0.109. The van der Waals surface area contributed by atoms with E-state index < -0.39 is 0 Å². The SMILES string of the molecule is CCc1cc(CNC(C)(C)C)cc(-n2ccc(C)n2)n1. The van der Waals surface area contributed by atoms with Crippen molar-refractivity contribution in [3.05, 3.63) is 41.3 Å². The number of rotatable bonds is 4. The molecule has 4 nitrogen and oxygen atoms in total. The Morgan fingerprint density at radius 3 is 2.55 bits per heavy atom. The Kier molecular flexibility index (Phi) is 4.23. The molecule has 2 rings (SSSR count). The molecule has 0 amide bonds. The van der Waals surface area contributed by atoms with Crippen LogP contribution in [0.2, 0.25) is 0 Å². The second kappa shape index (κ2) is 5.75. The van der Waals surface area contributed by atoms with Crippen LogP contribution in [0.1, 0.15) is 44.6 Å². The number of pyridine rings is 1. The van der Waals surface area contributed by atoms with E-state index in [9.17, 15) is 0 Å². The third-order valence-corrected chi connectivity index (χ3v) is 3.07. The van der Waals surface area contributed by atoms with Gasteiger partial charge in [0.05, 0.1) is 5.69 Å². The highest BCUT2D eigenvalue weighted by Gasteiger charge is 2.10. The fourth-order valence-corrected chi connectivity index (χ4v) is 1.94. The van der Waals surface area contributed by atoms with Gasteiger partial charge in [-0.1, -0.05) is 6.92 Å². The summed E-state index contributed by atoms with van der Waals surface area (Å²) in [6, 6.07) is 6.26. The molecule has 0 unspecified atom stereocenters. The molecule has 2 heterocycles. The van der Waals surface area contributed by atoms with Crippen molar-refractivity contribution in [2.24, 2.45) is 0 Å². The third-order valence-electron chi connectivity index (χ3n) is 3.07. The molecule has 108 valence electrons. The van der Waals surface area contributed by atoms with Gasteiger partial charge in [-0.2, -0.15) is 5.10 Å². The van der Waals surface area contributed by atoms with Crippen LogP contribution < -0.4 is 5.32 Å². The van der Waals surface area contributed by atoms with E-state index in [4.69, 9.17) is 0 Å². The van der Waals surface area contributed by atoms with Crippen LogP contribution in [0.4, 0.5) is 0 Å². The standard InChI is InChI=1S/C16H24N4/c1-6-14-9-13(11-17-16(3,4)5)10-15(18-14)20-8-7-12(2)19-20/h7-10,17H,6,11H2,1-5H3. The summed E-state index contributed by atoms with van der Waals surface area (Å²) >= 11 is 0. The van der Waals surface area contributed by atoms with Crippen molar-refractivity contribution < 1.29 is 0 Å². The molecule has 0 atom stereocenters. The van der Waals surface area contributed by atoms with E-state index in [0.29, 0.717) is 0 Å². The topological polar surface area (TPSA) is 42.7 Å². The largest absolute Gasteiger partial charge is 0.308 e. The molecule has 0 spiro atoms. The van der Waals surface area contributed by atoms with Crippen molar-refractivity contribution in [2.75, 3.05) is 0 Å². The van der Waals surface area contributed by atoms with E-state index in [1.54, 1.807) is 0 Å². The maximum Gasteiger partial charge on any atom is 0.153 e. The lowest BCUT2D eigenvalue weighted by Gasteiger charge is -2.21. The number of aromatic nitrogens is 3. The maximum atomic E-state index is 4.65. The molecular formula is C16H24N4. The van der Waals surface area contributed by atoms with Crippen LogP contribution >= 0.6 is 0 Å². The van der Waals surface area contributed by atoms with Gasteiger partial charge in [0.1, 0.15) is 0 Å². The predicted octanol–water partition coefficient (Wildman–Crippen LogP) is 3.03. The highest BCUT2D eigenvalue weighted by Crippen LogP contribution is 2.12. The van der Waals surface area contributed by atoms with E-state index in [1.807, 2.05) is 23.9 Å². The smallest absolute Gasteiger partial charge is 0.153 e. The summed E-state index contributed by atoms with van der Waals surface area (Å²) in [6.07, 6.45) is 2.88. The first-order valence-corrected chi connectivity index (χ1v) is 7.15. The molecule has 0 aliphatic rings. The molecule has 0 fully saturated rings. The Balaban J connectivity index is 2.29. The molecule has 2 aromatic heterocycles. The van der Waals surface area contributed by atoms with Crippen LogP contribution in [0.15, 0.2) is 24.4 Å². The van der Waals surface area contributed by atoms with Crippen LogP contribution in [0.3, 0.4) is 0 Å². The first-order valence-electron chi connectivity index (χ1n) is 7.15.